The Balaban J connectivity index is 0. The Morgan fingerprint density at radius 1 is 0.800 bits per heavy atom. The molecule has 0 aromatic heterocycles. The van der Waals surface area contributed by atoms with E-state index in [1.165, 1.54) is 77.0 Å². The van der Waals surface area contributed by atoms with Gasteiger partial charge in [0.05, 0.1) is 21.1 Å². The Morgan fingerprint density at radius 2 is 1.11 bits per heavy atom. The third-order valence-corrected chi connectivity index (χ3v) is 11.9. The zero-order valence-corrected chi connectivity index (χ0v) is 26.4. The molecule has 0 aliphatic heterocycles. The van der Waals surface area contributed by atoms with Gasteiger partial charge in [-0.2, -0.15) is 0 Å². The summed E-state index contributed by atoms with van der Waals surface area (Å²) < 4.78 is 6.73. The van der Waals surface area contributed by atoms with Crippen LogP contribution in [0.15, 0.2) is 0 Å². The van der Waals surface area contributed by atoms with Gasteiger partial charge in [0.15, 0.2) is 14.5 Å². The zero-order valence-electron chi connectivity index (χ0n) is 25.4. The lowest BCUT2D eigenvalue weighted by molar-refractivity contribution is -0.916. The molecule has 2 atom stereocenters. The minimum Gasteiger partial charge on any atom is -0.479 e. The predicted octanol–water partition coefficient (Wildman–Crippen LogP) is 8.36. The first-order valence-corrected chi connectivity index (χ1v) is 17.4. The lowest BCUT2D eigenvalue weighted by Crippen LogP contribution is -2.46. The topological polar surface area (TPSA) is 66.8 Å². The van der Waals surface area contributed by atoms with Crippen LogP contribution in [-0.4, -0.2) is 62.5 Å². The second-order valence-electron chi connectivity index (χ2n) is 12.8. The van der Waals surface area contributed by atoms with Crippen LogP contribution in [0.1, 0.15) is 131 Å². The average Bonchev–Trinajstić information content (AvgIpc) is 2.71. The monoisotopic (exact) mass is 518 g/mol. The van der Waals surface area contributed by atoms with Gasteiger partial charge in [-0.1, -0.05) is 118 Å². The molecular weight excluding hydrogens is 454 g/mol. The number of hydrogen-bond donors (Lipinski definition) is 2. The molecule has 2 N–H and O–H groups in total. The van der Waals surface area contributed by atoms with E-state index in [0.29, 0.717) is 10.9 Å². The van der Waals surface area contributed by atoms with E-state index in [-0.39, 0.29) is 11.3 Å². The van der Waals surface area contributed by atoms with Gasteiger partial charge < -0.3 is 19.1 Å². The van der Waals surface area contributed by atoms with E-state index in [1.807, 2.05) is 21.1 Å². The molecular formula is C29H64NO4Si+. The summed E-state index contributed by atoms with van der Waals surface area (Å²) in [6.07, 6.45) is 18.2. The van der Waals surface area contributed by atoms with Crippen molar-refractivity contribution in [1.29, 1.82) is 0 Å². The number of carbonyl (C=O) groups is 1. The SMILES string of the molecule is CC(O)[N+](C)(C)C.CCCCCCCCCCCCCCCCC(O[Si](C)(C)C(C)(C)C)C(=O)O. The number of rotatable bonds is 19. The Morgan fingerprint density at radius 3 is 1.37 bits per heavy atom. The third kappa shape index (κ3) is 21.4. The Kier molecular flexibility index (Phi) is 20.6. The number of carboxylic acids is 1. The van der Waals surface area contributed by atoms with E-state index in [2.05, 4.69) is 40.8 Å². The first-order chi connectivity index (χ1) is 16.1. The molecule has 0 aromatic rings. The molecule has 2 unspecified atom stereocenters. The summed E-state index contributed by atoms with van der Waals surface area (Å²) in [4.78, 5) is 11.6. The van der Waals surface area contributed by atoms with Crippen LogP contribution in [0.2, 0.25) is 18.1 Å². The summed E-state index contributed by atoms with van der Waals surface area (Å²) in [7, 11) is 3.83. The van der Waals surface area contributed by atoms with E-state index < -0.39 is 20.4 Å². The van der Waals surface area contributed by atoms with Gasteiger partial charge in [0.1, 0.15) is 6.10 Å². The summed E-state index contributed by atoms with van der Waals surface area (Å²) >= 11 is 0. The van der Waals surface area contributed by atoms with Crippen LogP contribution >= 0.6 is 0 Å². The zero-order chi connectivity index (χ0) is 27.5. The molecule has 0 aliphatic rings. The van der Waals surface area contributed by atoms with Gasteiger partial charge in [0.25, 0.3) is 0 Å². The smallest absolute Gasteiger partial charge is 0.331 e. The maximum atomic E-state index is 11.6. The second-order valence-corrected chi connectivity index (χ2v) is 17.6. The van der Waals surface area contributed by atoms with Gasteiger partial charge in [-0.3, -0.25) is 0 Å². The highest BCUT2D eigenvalue weighted by Crippen LogP contribution is 2.37. The highest BCUT2D eigenvalue weighted by molar-refractivity contribution is 6.74. The highest BCUT2D eigenvalue weighted by atomic mass is 28.4. The Labute approximate surface area is 220 Å². The maximum absolute atomic E-state index is 11.6. The van der Waals surface area contributed by atoms with Crippen molar-refractivity contribution in [2.45, 2.75) is 161 Å². The van der Waals surface area contributed by atoms with E-state index in [4.69, 9.17) is 9.53 Å². The third-order valence-electron chi connectivity index (χ3n) is 7.46. The molecule has 0 heterocycles. The second kappa shape index (κ2) is 19.6. The molecule has 0 saturated carbocycles. The quantitative estimate of drug-likeness (QED) is 0.0780. The molecule has 0 fully saturated rings. The molecule has 5 nitrogen and oxygen atoms in total. The van der Waals surface area contributed by atoms with Crippen LogP contribution < -0.4 is 0 Å². The van der Waals surface area contributed by atoms with Crippen molar-refractivity contribution in [3.63, 3.8) is 0 Å². The van der Waals surface area contributed by atoms with Gasteiger partial charge in [0, 0.05) is 6.92 Å². The molecule has 212 valence electrons. The summed E-state index contributed by atoms with van der Waals surface area (Å²) in [6.45, 7) is 14.8. The molecule has 0 amide bonds. The number of aliphatic hydroxyl groups excluding tert-OH is 1. The molecule has 0 rings (SSSR count). The van der Waals surface area contributed by atoms with Crippen molar-refractivity contribution in [2.75, 3.05) is 21.1 Å². The van der Waals surface area contributed by atoms with Crippen LogP contribution in [0.4, 0.5) is 0 Å². The highest BCUT2D eigenvalue weighted by Gasteiger charge is 2.40. The summed E-state index contributed by atoms with van der Waals surface area (Å²) in [6, 6.07) is 0. The van der Waals surface area contributed by atoms with Crippen LogP contribution in [0.3, 0.4) is 0 Å². The van der Waals surface area contributed by atoms with Crippen molar-refractivity contribution >= 4 is 14.3 Å². The largest absolute Gasteiger partial charge is 0.479 e. The number of nitrogens with zero attached hydrogens (tertiary/aromatic N) is 1. The fourth-order valence-electron chi connectivity index (χ4n) is 3.29. The van der Waals surface area contributed by atoms with Crippen molar-refractivity contribution < 1.29 is 23.9 Å². The molecule has 6 heteroatoms. The van der Waals surface area contributed by atoms with Gasteiger partial charge in [0.2, 0.25) is 0 Å². The lowest BCUT2D eigenvalue weighted by Gasteiger charge is -2.38. The van der Waals surface area contributed by atoms with Crippen molar-refractivity contribution in [3.8, 4) is 0 Å². The number of unbranched alkanes of at least 4 members (excludes halogenated alkanes) is 13. The average molecular weight is 519 g/mol. The van der Waals surface area contributed by atoms with E-state index in [9.17, 15) is 9.90 Å². The van der Waals surface area contributed by atoms with Crippen molar-refractivity contribution in [1.82, 2.24) is 0 Å². The van der Waals surface area contributed by atoms with Crippen molar-refractivity contribution in [2.24, 2.45) is 0 Å². The van der Waals surface area contributed by atoms with Crippen LogP contribution in [0.5, 0.6) is 0 Å². The lowest BCUT2D eigenvalue weighted by atomic mass is 10.0. The van der Waals surface area contributed by atoms with Crippen LogP contribution in [0, 0.1) is 0 Å². The maximum Gasteiger partial charge on any atom is 0.331 e. The van der Waals surface area contributed by atoms with E-state index in [0.717, 1.165) is 12.8 Å². The van der Waals surface area contributed by atoms with Gasteiger partial charge in [-0.15, -0.1) is 0 Å². The first kappa shape index (κ1) is 36.7. The number of aliphatic carboxylic acids is 1. The minimum absolute atomic E-state index is 0.0518. The molecule has 0 spiro atoms. The molecule has 0 saturated heterocycles. The molecule has 0 bridgehead atoms. The molecule has 0 aliphatic carbocycles. The van der Waals surface area contributed by atoms with Crippen LogP contribution in [-0.2, 0) is 9.22 Å². The fraction of sp³-hybridized carbons (Fsp3) is 0.966. The predicted molar refractivity (Wildman–Crippen MR) is 154 cm³/mol. The normalized spacial score (nSPS) is 14.3. The fourth-order valence-corrected chi connectivity index (χ4v) is 4.57. The number of quaternary nitrogens is 1. The summed E-state index contributed by atoms with van der Waals surface area (Å²) in [5.41, 5.74) is 0. The Bertz CT molecular complexity index is 510. The Hall–Kier alpha value is -0.433. The summed E-state index contributed by atoms with van der Waals surface area (Å²) in [5, 5.41) is 18.4. The standard InChI is InChI=1S/C24H50O3Si.C5H14NO/c1-7-8-9-10-11-12-13-14-15-16-17-18-19-20-21-22(23(25)26)27-28(5,6)24(2,3)4;1-5(7)6(2,3)4/h22H,7-21H2,1-6H3,(H,25,26);5,7H,1-4H3/q;+1. The number of aliphatic hydroxyl groups is 1. The minimum atomic E-state index is -2.02. The van der Waals surface area contributed by atoms with Gasteiger partial charge in [-0.05, 0) is 24.6 Å². The molecule has 35 heavy (non-hydrogen) atoms. The molecule has 0 aromatic carbocycles. The van der Waals surface area contributed by atoms with Crippen LogP contribution in [0.25, 0.3) is 0 Å². The summed E-state index contributed by atoms with van der Waals surface area (Å²) in [5.74, 6) is -0.792. The van der Waals surface area contributed by atoms with Gasteiger partial charge in [-0.25, -0.2) is 4.79 Å². The molecule has 0 radical (unpaired) electrons. The van der Waals surface area contributed by atoms with E-state index in [1.54, 1.807) is 6.92 Å². The number of hydrogen-bond acceptors (Lipinski definition) is 3. The first-order valence-electron chi connectivity index (χ1n) is 14.5. The number of carboxylic acid groups (broad SMARTS) is 1. The van der Waals surface area contributed by atoms with Gasteiger partial charge >= 0.3 is 5.97 Å². The van der Waals surface area contributed by atoms with Crippen molar-refractivity contribution in [3.05, 3.63) is 0 Å². The van der Waals surface area contributed by atoms with E-state index >= 15 is 0 Å².